The van der Waals surface area contributed by atoms with Crippen molar-refractivity contribution in [3.05, 3.63) is 12.2 Å². The summed E-state index contributed by atoms with van der Waals surface area (Å²) >= 11 is 0. The zero-order valence-corrected chi connectivity index (χ0v) is 5.38. The number of aliphatic hydroxyl groups is 2. The summed E-state index contributed by atoms with van der Waals surface area (Å²) in [4.78, 5) is 0. The van der Waals surface area contributed by atoms with E-state index in [-0.39, 0.29) is 6.10 Å². The smallest absolute Gasteiger partial charge is 0.0772 e. The highest BCUT2D eigenvalue weighted by molar-refractivity contribution is 5.05. The van der Waals surface area contributed by atoms with Crippen LogP contribution in [-0.2, 0) is 0 Å². The van der Waals surface area contributed by atoms with Gasteiger partial charge in [-0.2, -0.15) is 0 Å². The highest BCUT2D eigenvalue weighted by atomic mass is 16.3. The van der Waals surface area contributed by atoms with Gasteiger partial charge in [-0.05, 0) is 18.4 Å². The molecule has 2 nitrogen and oxygen atoms in total. The van der Waals surface area contributed by atoms with Crippen LogP contribution in [-0.4, -0.2) is 22.4 Å². The highest BCUT2D eigenvalue weighted by Crippen LogP contribution is 2.21. The van der Waals surface area contributed by atoms with E-state index < -0.39 is 6.10 Å². The predicted molar refractivity (Wildman–Crippen MR) is 35.0 cm³/mol. The standard InChI is InChI=1S/C7H12O2/c1-5-2-3-6(8)4-7(5)9/h6-9H,1-4H2. The van der Waals surface area contributed by atoms with Gasteiger partial charge in [0, 0.05) is 6.42 Å². The Hall–Kier alpha value is -0.340. The molecule has 1 aliphatic carbocycles. The molecule has 0 aliphatic heterocycles. The molecular formula is C7H12O2. The quantitative estimate of drug-likeness (QED) is 0.465. The molecule has 0 radical (unpaired) electrons. The van der Waals surface area contributed by atoms with Crippen LogP contribution in [0.4, 0.5) is 0 Å². The lowest BCUT2D eigenvalue weighted by Crippen LogP contribution is -2.24. The van der Waals surface area contributed by atoms with Crippen LogP contribution in [0.2, 0.25) is 0 Å². The average molecular weight is 128 g/mol. The molecule has 9 heavy (non-hydrogen) atoms. The lowest BCUT2D eigenvalue weighted by atomic mass is 9.91. The molecule has 0 amide bonds. The summed E-state index contributed by atoms with van der Waals surface area (Å²) in [6, 6.07) is 0. The normalized spacial score (nSPS) is 36.9. The van der Waals surface area contributed by atoms with Crippen molar-refractivity contribution in [1.29, 1.82) is 0 Å². The topological polar surface area (TPSA) is 40.5 Å². The Morgan fingerprint density at radius 3 is 2.56 bits per heavy atom. The van der Waals surface area contributed by atoms with Crippen molar-refractivity contribution in [2.24, 2.45) is 0 Å². The lowest BCUT2D eigenvalue weighted by Gasteiger charge is -2.23. The van der Waals surface area contributed by atoms with E-state index in [0.717, 1.165) is 18.4 Å². The first kappa shape index (κ1) is 6.78. The summed E-state index contributed by atoms with van der Waals surface area (Å²) in [5.41, 5.74) is 0.861. The van der Waals surface area contributed by atoms with Crippen LogP contribution in [0.15, 0.2) is 12.2 Å². The number of hydrogen-bond acceptors (Lipinski definition) is 2. The second-order valence-corrected chi connectivity index (χ2v) is 2.60. The van der Waals surface area contributed by atoms with Crippen molar-refractivity contribution in [2.75, 3.05) is 0 Å². The van der Waals surface area contributed by atoms with Gasteiger partial charge in [0.1, 0.15) is 0 Å². The van der Waals surface area contributed by atoms with E-state index in [1.165, 1.54) is 0 Å². The second kappa shape index (κ2) is 2.50. The van der Waals surface area contributed by atoms with Gasteiger partial charge in [0.15, 0.2) is 0 Å². The third kappa shape index (κ3) is 1.53. The molecule has 2 N–H and O–H groups in total. The van der Waals surface area contributed by atoms with Gasteiger partial charge in [-0.25, -0.2) is 0 Å². The first-order valence-electron chi connectivity index (χ1n) is 3.24. The Balaban J connectivity index is 2.44. The van der Waals surface area contributed by atoms with Crippen molar-refractivity contribution in [1.82, 2.24) is 0 Å². The molecule has 2 heteroatoms. The van der Waals surface area contributed by atoms with Crippen LogP contribution >= 0.6 is 0 Å². The van der Waals surface area contributed by atoms with E-state index in [1.54, 1.807) is 0 Å². The molecule has 0 heterocycles. The van der Waals surface area contributed by atoms with Crippen molar-refractivity contribution in [3.63, 3.8) is 0 Å². The summed E-state index contributed by atoms with van der Waals surface area (Å²) in [6.45, 7) is 3.67. The Kier molecular flexibility index (Phi) is 1.88. The van der Waals surface area contributed by atoms with E-state index in [0.29, 0.717) is 6.42 Å². The summed E-state index contributed by atoms with van der Waals surface area (Å²) in [7, 11) is 0. The van der Waals surface area contributed by atoms with Crippen molar-refractivity contribution < 1.29 is 10.2 Å². The zero-order chi connectivity index (χ0) is 6.85. The number of aliphatic hydroxyl groups excluding tert-OH is 2. The van der Waals surface area contributed by atoms with E-state index in [9.17, 15) is 0 Å². The minimum absolute atomic E-state index is 0.314. The Morgan fingerprint density at radius 2 is 2.11 bits per heavy atom. The molecule has 1 rings (SSSR count). The van der Waals surface area contributed by atoms with Crippen LogP contribution < -0.4 is 0 Å². The largest absolute Gasteiger partial charge is 0.393 e. The van der Waals surface area contributed by atoms with Gasteiger partial charge >= 0.3 is 0 Å². The van der Waals surface area contributed by atoms with Crippen molar-refractivity contribution >= 4 is 0 Å². The van der Waals surface area contributed by atoms with Crippen molar-refractivity contribution in [3.8, 4) is 0 Å². The van der Waals surface area contributed by atoms with Crippen LogP contribution in [0.1, 0.15) is 19.3 Å². The summed E-state index contributed by atoms with van der Waals surface area (Å²) in [5.74, 6) is 0. The van der Waals surface area contributed by atoms with Crippen LogP contribution in [0.25, 0.3) is 0 Å². The van der Waals surface area contributed by atoms with Crippen molar-refractivity contribution in [2.45, 2.75) is 31.5 Å². The molecule has 0 aromatic rings. The molecule has 0 saturated heterocycles. The molecular weight excluding hydrogens is 116 g/mol. The maximum atomic E-state index is 9.09. The minimum atomic E-state index is -0.464. The molecule has 1 fully saturated rings. The minimum Gasteiger partial charge on any atom is -0.393 e. The Morgan fingerprint density at radius 1 is 1.44 bits per heavy atom. The van der Waals surface area contributed by atoms with Crippen LogP contribution in [0.3, 0.4) is 0 Å². The van der Waals surface area contributed by atoms with Gasteiger partial charge in [-0.15, -0.1) is 0 Å². The van der Waals surface area contributed by atoms with E-state index in [2.05, 4.69) is 6.58 Å². The first-order valence-corrected chi connectivity index (χ1v) is 3.24. The third-order valence-corrected chi connectivity index (χ3v) is 1.77. The first-order chi connectivity index (χ1) is 4.20. The molecule has 0 aromatic heterocycles. The van der Waals surface area contributed by atoms with Crippen LogP contribution in [0, 0.1) is 0 Å². The summed E-state index contributed by atoms with van der Waals surface area (Å²) in [5, 5.41) is 18.1. The fourth-order valence-electron chi connectivity index (χ4n) is 1.06. The van der Waals surface area contributed by atoms with Gasteiger partial charge < -0.3 is 10.2 Å². The van der Waals surface area contributed by atoms with E-state index in [1.807, 2.05) is 0 Å². The summed E-state index contributed by atoms with van der Waals surface area (Å²) < 4.78 is 0. The van der Waals surface area contributed by atoms with Gasteiger partial charge in [0.25, 0.3) is 0 Å². The predicted octanol–water partition coefficient (Wildman–Crippen LogP) is 0.448. The van der Waals surface area contributed by atoms with Gasteiger partial charge in [-0.1, -0.05) is 6.58 Å². The summed E-state index contributed by atoms with van der Waals surface area (Å²) in [6.07, 6.45) is 1.22. The molecule has 1 aliphatic rings. The fraction of sp³-hybridized carbons (Fsp3) is 0.714. The maximum absolute atomic E-state index is 9.09. The number of rotatable bonds is 0. The molecule has 2 atom stereocenters. The van der Waals surface area contributed by atoms with Gasteiger partial charge in [-0.3, -0.25) is 0 Å². The average Bonchev–Trinajstić information content (AvgIpc) is 1.80. The Labute approximate surface area is 54.8 Å². The van der Waals surface area contributed by atoms with Gasteiger partial charge in [0.05, 0.1) is 12.2 Å². The SMILES string of the molecule is C=C1CCC(O)CC1O. The van der Waals surface area contributed by atoms with E-state index >= 15 is 0 Å². The zero-order valence-electron chi connectivity index (χ0n) is 5.38. The molecule has 0 spiro atoms. The molecule has 52 valence electrons. The molecule has 2 unspecified atom stereocenters. The molecule has 1 saturated carbocycles. The van der Waals surface area contributed by atoms with Gasteiger partial charge in [0.2, 0.25) is 0 Å². The lowest BCUT2D eigenvalue weighted by molar-refractivity contribution is 0.0715. The molecule has 0 bridgehead atoms. The van der Waals surface area contributed by atoms with Crippen LogP contribution in [0.5, 0.6) is 0 Å². The fourth-order valence-corrected chi connectivity index (χ4v) is 1.06. The third-order valence-electron chi connectivity index (χ3n) is 1.77. The molecule has 0 aromatic carbocycles. The Bertz CT molecular complexity index is 120. The maximum Gasteiger partial charge on any atom is 0.0772 e. The number of hydrogen-bond donors (Lipinski definition) is 2. The van der Waals surface area contributed by atoms with E-state index in [4.69, 9.17) is 10.2 Å². The second-order valence-electron chi connectivity index (χ2n) is 2.60. The monoisotopic (exact) mass is 128 g/mol. The highest BCUT2D eigenvalue weighted by Gasteiger charge is 2.20.